The van der Waals surface area contributed by atoms with Crippen LogP contribution in [0.4, 0.5) is 0 Å². The van der Waals surface area contributed by atoms with Crippen molar-refractivity contribution in [1.82, 2.24) is 5.32 Å². The van der Waals surface area contributed by atoms with Crippen LogP contribution in [0.2, 0.25) is 0 Å². The lowest BCUT2D eigenvalue weighted by Gasteiger charge is -2.42. The fraction of sp³-hybridized carbons (Fsp3) is 0.684. The molecule has 20 heavy (non-hydrogen) atoms. The average molecular weight is 273 g/mol. The molecule has 1 aliphatic rings. The van der Waals surface area contributed by atoms with Crippen molar-refractivity contribution in [2.24, 2.45) is 5.92 Å². The molecular formula is C19H31N. The number of fused-ring (bicyclic) bond motifs is 1. The van der Waals surface area contributed by atoms with Crippen molar-refractivity contribution < 1.29 is 0 Å². The van der Waals surface area contributed by atoms with Crippen LogP contribution >= 0.6 is 0 Å². The van der Waals surface area contributed by atoms with E-state index >= 15 is 0 Å². The van der Waals surface area contributed by atoms with E-state index in [9.17, 15) is 0 Å². The number of nitrogens with one attached hydrogen (secondary N) is 1. The Hall–Kier alpha value is -0.820. The SMILES string of the molecule is CNC(c1ccc2c(c1)C(C)(C)CCC2(C)C)C(C)C. The second-order valence-corrected chi connectivity index (χ2v) is 8.08. The van der Waals surface area contributed by atoms with Gasteiger partial charge in [0.1, 0.15) is 0 Å². The van der Waals surface area contributed by atoms with Crippen LogP contribution in [0.15, 0.2) is 18.2 Å². The molecule has 0 saturated carbocycles. The Bertz CT molecular complexity index is 483. The van der Waals surface area contributed by atoms with E-state index in [0.29, 0.717) is 22.8 Å². The van der Waals surface area contributed by atoms with Gasteiger partial charge >= 0.3 is 0 Å². The molecule has 0 saturated heterocycles. The molecule has 1 unspecified atom stereocenters. The number of hydrogen-bond acceptors (Lipinski definition) is 1. The predicted molar refractivity (Wildman–Crippen MR) is 88.4 cm³/mol. The van der Waals surface area contributed by atoms with Gasteiger partial charge in [-0.2, -0.15) is 0 Å². The van der Waals surface area contributed by atoms with E-state index in [0.717, 1.165) is 0 Å². The third-order valence-electron chi connectivity index (χ3n) is 5.21. The van der Waals surface area contributed by atoms with Gasteiger partial charge in [-0.25, -0.2) is 0 Å². The molecule has 0 heterocycles. The third kappa shape index (κ3) is 2.65. The van der Waals surface area contributed by atoms with E-state index in [1.165, 1.54) is 18.4 Å². The van der Waals surface area contributed by atoms with Gasteiger partial charge in [0.05, 0.1) is 0 Å². The lowest BCUT2D eigenvalue weighted by Crippen LogP contribution is -2.34. The molecule has 0 fully saturated rings. The highest BCUT2D eigenvalue weighted by atomic mass is 14.9. The Labute approximate surface area is 125 Å². The van der Waals surface area contributed by atoms with E-state index in [2.05, 4.69) is 72.1 Å². The van der Waals surface area contributed by atoms with Gasteiger partial charge in [-0.1, -0.05) is 59.7 Å². The minimum Gasteiger partial charge on any atom is -0.313 e. The monoisotopic (exact) mass is 273 g/mol. The van der Waals surface area contributed by atoms with Gasteiger partial charge in [0.25, 0.3) is 0 Å². The van der Waals surface area contributed by atoms with E-state index in [1.54, 1.807) is 11.1 Å². The molecule has 0 amide bonds. The molecule has 1 aliphatic carbocycles. The molecule has 1 heteroatoms. The van der Waals surface area contributed by atoms with Crippen LogP contribution in [0.1, 0.15) is 77.1 Å². The molecule has 112 valence electrons. The molecular weight excluding hydrogens is 242 g/mol. The highest BCUT2D eigenvalue weighted by molar-refractivity contribution is 5.44. The maximum absolute atomic E-state index is 3.47. The zero-order valence-electron chi connectivity index (χ0n) is 14.3. The summed E-state index contributed by atoms with van der Waals surface area (Å²) < 4.78 is 0. The molecule has 2 rings (SSSR count). The summed E-state index contributed by atoms with van der Waals surface area (Å²) in [6.07, 6.45) is 2.56. The summed E-state index contributed by atoms with van der Waals surface area (Å²) in [5, 5.41) is 3.47. The maximum atomic E-state index is 3.47. The summed E-state index contributed by atoms with van der Waals surface area (Å²) in [7, 11) is 2.07. The summed E-state index contributed by atoms with van der Waals surface area (Å²) in [4.78, 5) is 0. The van der Waals surface area contributed by atoms with Gasteiger partial charge in [0, 0.05) is 6.04 Å². The highest BCUT2D eigenvalue weighted by Gasteiger charge is 2.37. The van der Waals surface area contributed by atoms with Crippen LogP contribution in [0.25, 0.3) is 0 Å². The zero-order valence-corrected chi connectivity index (χ0v) is 14.3. The molecule has 1 aromatic carbocycles. The second kappa shape index (κ2) is 5.18. The fourth-order valence-electron chi connectivity index (χ4n) is 3.68. The van der Waals surface area contributed by atoms with Crippen molar-refractivity contribution in [3.8, 4) is 0 Å². The van der Waals surface area contributed by atoms with Gasteiger partial charge in [0.15, 0.2) is 0 Å². The molecule has 1 N–H and O–H groups in total. The topological polar surface area (TPSA) is 12.0 Å². The van der Waals surface area contributed by atoms with Gasteiger partial charge in [0.2, 0.25) is 0 Å². The lowest BCUT2D eigenvalue weighted by atomic mass is 9.63. The quantitative estimate of drug-likeness (QED) is 0.821. The Morgan fingerprint density at radius 3 is 2.00 bits per heavy atom. The summed E-state index contributed by atoms with van der Waals surface area (Å²) in [5.41, 5.74) is 5.17. The maximum Gasteiger partial charge on any atom is 0.0340 e. The molecule has 0 radical (unpaired) electrons. The van der Waals surface area contributed by atoms with Crippen molar-refractivity contribution in [1.29, 1.82) is 0 Å². The van der Waals surface area contributed by atoms with Gasteiger partial charge in [-0.15, -0.1) is 0 Å². The molecule has 0 aliphatic heterocycles. The number of benzene rings is 1. The molecule has 1 aromatic rings. The van der Waals surface area contributed by atoms with Gasteiger partial charge < -0.3 is 5.32 Å². The van der Waals surface area contributed by atoms with Crippen molar-refractivity contribution in [2.45, 2.75) is 71.3 Å². The first kappa shape index (κ1) is 15.6. The largest absolute Gasteiger partial charge is 0.313 e. The van der Waals surface area contributed by atoms with E-state index in [1.807, 2.05) is 0 Å². The van der Waals surface area contributed by atoms with Crippen molar-refractivity contribution >= 4 is 0 Å². The summed E-state index contributed by atoms with van der Waals surface area (Å²) in [6.45, 7) is 14.1. The van der Waals surface area contributed by atoms with Gasteiger partial charge in [-0.3, -0.25) is 0 Å². The first-order valence-electron chi connectivity index (χ1n) is 8.01. The standard InChI is InChI=1S/C19H31N/c1-13(2)17(20-7)14-8-9-15-16(12-14)19(5,6)11-10-18(15,3)4/h8-9,12-13,17,20H,10-11H2,1-7H3. The molecule has 0 spiro atoms. The Morgan fingerprint density at radius 1 is 0.950 bits per heavy atom. The molecule has 0 bridgehead atoms. The van der Waals surface area contributed by atoms with Gasteiger partial charge in [-0.05, 0) is 53.3 Å². The third-order valence-corrected chi connectivity index (χ3v) is 5.21. The molecule has 1 nitrogen and oxygen atoms in total. The highest BCUT2D eigenvalue weighted by Crippen LogP contribution is 2.46. The molecule has 1 atom stereocenters. The smallest absolute Gasteiger partial charge is 0.0340 e. The van der Waals surface area contributed by atoms with Crippen LogP contribution in [0.3, 0.4) is 0 Å². The predicted octanol–water partition coefficient (Wildman–Crippen LogP) is 4.95. The lowest BCUT2D eigenvalue weighted by molar-refractivity contribution is 0.330. The summed E-state index contributed by atoms with van der Waals surface area (Å²) in [5.74, 6) is 0.609. The second-order valence-electron chi connectivity index (χ2n) is 8.08. The van der Waals surface area contributed by atoms with E-state index < -0.39 is 0 Å². The molecule has 0 aromatic heterocycles. The fourth-order valence-corrected chi connectivity index (χ4v) is 3.68. The van der Waals surface area contributed by atoms with E-state index in [4.69, 9.17) is 0 Å². The minimum atomic E-state index is 0.302. The summed E-state index contributed by atoms with van der Waals surface area (Å²) in [6, 6.07) is 7.64. The first-order chi connectivity index (χ1) is 9.19. The van der Waals surface area contributed by atoms with Crippen LogP contribution in [0, 0.1) is 5.92 Å². The minimum absolute atomic E-state index is 0.302. The van der Waals surface area contributed by atoms with Crippen molar-refractivity contribution in [2.75, 3.05) is 7.05 Å². The van der Waals surface area contributed by atoms with Crippen LogP contribution in [0.5, 0.6) is 0 Å². The first-order valence-corrected chi connectivity index (χ1v) is 8.01. The van der Waals surface area contributed by atoms with Crippen LogP contribution < -0.4 is 5.32 Å². The number of rotatable bonds is 3. The summed E-state index contributed by atoms with van der Waals surface area (Å²) >= 11 is 0. The van der Waals surface area contributed by atoms with Crippen molar-refractivity contribution in [3.63, 3.8) is 0 Å². The zero-order chi connectivity index (χ0) is 15.1. The Balaban J connectivity index is 2.53. The normalized spacial score (nSPS) is 21.6. The van der Waals surface area contributed by atoms with Crippen LogP contribution in [-0.4, -0.2) is 7.05 Å². The Kier molecular flexibility index (Phi) is 4.03. The number of hydrogen-bond donors (Lipinski definition) is 1. The Morgan fingerprint density at radius 2 is 1.50 bits per heavy atom. The van der Waals surface area contributed by atoms with Crippen LogP contribution in [-0.2, 0) is 10.8 Å². The average Bonchev–Trinajstić information content (AvgIpc) is 2.36. The van der Waals surface area contributed by atoms with Crippen molar-refractivity contribution in [3.05, 3.63) is 34.9 Å². The van der Waals surface area contributed by atoms with E-state index in [-0.39, 0.29) is 0 Å².